The summed E-state index contributed by atoms with van der Waals surface area (Å²) < 4.78 is 5.77. The molecule has 10 heteroatoms. The van der Waals surface area contributed by atoms with Gasteiger partial charge in [0.1, 0.15) is 22.6 Å². The van der Waals surface area contributed by atoms with E-state index in [1.807, 2.05) is 30.3 Å². The third-order valence-electron chi connectivity index (χ3n) is 5.67. The number of thiocarbonyl (C=S) groups is 1. The topological polar surface area (TPSA) is 85.0 Å². The number of aromatic nitrogens is 3. The molecule has 5 rings (SSSR count). The van der Waals surface area contributed by atoms with Crippen LogP contribution < -0.4 is 10.6 Å². The summed E-state index contributed by atoms with van der Waals surface area (Å²) in [5, 5.41) is 15.9. The monoisotopic (exact) mass is 561 g/mol. The Morgan fingerprint density at radius 2 is 1.79 bits per heavy atom. The molecule has 2 aromatic heterocycles. The molecule has 1 amide bonds. The Morgan fingerprint density at radius 3 is 2.55 bits per heavy atom. The van der Waals surface area contributed by atoms with Crippen LogP contribution in [0.3, 0.4) is 0 Å². The Balaban J connectivity index is 1.20. The van der Waals surface area contributed by atoms with Gasteiger partial charge in [0.25, 0.3) is 0 Å². The molecule has 3 aromatic carbocycles. The molecular weight excluding hydrogens is 541 g/mol. The van der Waals surface area contributed by atoms with Crippen molar-refractivity contribution in [3.05, 3.63) is 100 Å². The number of halogens is 2. The normalized spacial score (nSPS) is 11.2. The van der Waals surface area contributed by atoms with Gasteiger partial charge in [-0.3, -0.25) is 10.1 Å². The van der Waals surface area contributed by atoms with Gasteiger partial charge in [0, 0.05) is 22.3 Å². The van der Waals surface area contributed by atoms with Crippen molar-refractivity contribution in [3.63, 3.8) is 0 Å². The number of hydrogen-bond donors (Lipinski definition) is 2. The molecule has 0 aliphatic carbocycles. The highest BCUT2D eigenvalue weighted by Crippen LogP contribution is 2.31. The lowest BCUT2D eigenvalue weighted by Crippen LogP contribution is -2.32. The molecule has 190 valence electrons. The summed E-state index contributed by atoms with van der Waals surface area (Å²) >= 11 is 17.5. The van der Waals surface area contributed by atoms with Crippen LogP contribution in [0.2, 0.25) is 10.0 Å². The number of carbonyl (C=O) groups excluding carboxylic acids is 1. The van der Waals surface area contributed by atoms with Gasteiger partial charge in [-0.1, -0.05) is 42.3 Å². The van der Waals surface area contributed by atoms with E-state index in [-0.39, 0.29) is 5.11 Å². The van der Waals surface area contributed by atoms with Crippen molar-refractivity contribution < 1.29 is 9.21 Å². The fourth-order valence-electron chi connectivity index (χ4n) is 3.72. The quantitative estimate of drug-likeness (QED) is 0.170. The van der Waals surface area contributed by atoms with Crippen LogP contribution in [0, 0.1) is 0 Å². The second-order valence-corrected chi connectivity index (χ2v) is 9.57. The maximum absolute atomic E-state index is 12.4. The molecule has 0 saturated carbocycles. The second kappa shape index (κ2) is 11.2. The number of amides is 1. The van der Waals surface area contributed by atoms with Crippen LogP contribution in [0.25, 0.3) is 34.1 Å². The molecule has 0 spiro atoms. The van der Waals surface area contributed by atoms with E-state index in [2.05, 4.69) is 39.9 Å². The van der Waals surface area contributed by atoms with Crippen molar-refractivity contribution in [2.45, 2.75) is 13.3 Å². The van der Waals surface area contributed by atoms with Crippen LogP contribution in [0.15, 0.2) is 83.3 Å². The zero-order valence-electron chi connectivity index (χ0n) is 20.1. The molecule has 0 atom stereocenters. The van der Waals surface area contributed by atoms with Gasteiger partial charge in [-0.2, -0.15) is 4.80 Å². The predicted molar refractivity (Wildman–Crippen MR) is 156 cm³/mol. The minimum atomic E-state index is -0.410. The summed E-state index contributed by atoms with van der Waals surface area (Å²) in [4.78, 5) is 14.0. The fourth-order valence-corrected chi connectivity index (χ4v) is 4.44. The number of nitrogens with zero attached hydrogens (tertiary/aromatic N) is 3. The Kier molecular flexibility index (Phi) is 7.55. The van der Waals surface area contributed by atoms with Gasteiger partial charge >= 0.3 is 0 Å². The van der Waals surface area contributed by atoms with Crippen LogP contribution in [-0.2, 0) is 11.2 Å². The lowest BCUT2D eigenvalue weighted by atomic mass is 10.2. The molecular formula is C28H21Cl2N5O2S. The lowest BCUT2D eigenvalue weighted by Gasteiger charge is -2.07. The maximum atomic E-state index is 12.4. The van der Waals surface area contributed by atoms with Crippen LogP contribution in [0.5, 0.6) is 0 Å². The number of carbonyl (C=O) groups is 1. The van der Waals surface area contributed by atoms with Gasteiger partial charge in [-0.15, -0.1) is 10.2 Å². The Bertz CT molecular complexity index is 1670. The van der Waals surface area contributed by atoms with Crippen LogP contribution >= 0.6 is 35.4 Å². The molecule has 0 radical (unpaired) electrons. The Morgan fingerprint density at radius 1 is 1.00 bits per heavy atom. The first-order chi connectivity index (χ1) is 18.4. The predicted octanol–water partition coefficient (Wildman–Crippen LogP) is 7.08. The number of hydrogen-bond acceptors (Lipinski definition) is 5. The van der Waals surface area contributed by atoms with Gasteiger partial charge in [0.15, 0.2) is 5.11 Å². The van der Waals surface area contributed by atoms with Gasteiger partial charge in [-0.25, -0.2) is 0 Å². The first-order valence-corrected chi connectivity index (χ1v) is 12.9. The maximum Gasteiger partial charge on any atom is 0.250 e. The van der Waals surface area contributed by atoms with Gasteiger partial charge < -0.3 is 9.73 Å². The first kappa shape index (κ1) is 25.7. The van der Waals surface area contributed by atoms with Crippen molar-refractivity contribution in [2.24, 2.45) is 0 Å². The third kappa shape index (κ3) is 5.94. The molecule has 38 heavy (non-hydrogen) atoms. The van der Waals surface area contributed by atoms with Crippen molar-refractivity contribution in [1.82, 2.24) is 20.3 Å². The zero-order valence-corrected chi connectivity index (χ0v) is 22.4. The Labute approximate surface area is 234 Å². The van der Waals surface area contributed by atoms with Crippen LogP contribution in [-0.4, -0.2) is 26.0 Å². The molecule has 2 N–H and O–H groups in total. The summed E-state index contributed by atoms with van der Waals surface area (Å²) in [6.07, 6.45) is 3.85. The van der Waals surface area contributed by atoms with Crippen molar-refractivity contribution in [2.75, 3.05) is 5.32 Å². The van der Waals surface area contributed by atoms with E-state index in [9.17, 15) is 4.79 Å². The number of furan rings is 1. The average Bonchev–Trinajstić information content (AvgIpc) is 3.54. The van der Waals surface area contributed by atoms with Gasteiger partial charge in [0.05, 0.1) is 10.7 Å². The lowest BCUT2D eigenvalue weighted by molar-refractivity contribution is -0.115. The average molecular weight is 562 g/mol. The summed E-state index contributed by atoms with van der Waals surface area (Å²) in [7, 11) is 0. The Hall–Kier alpha value is -3.98. The summed E-state index contributed by atoms with van der Waals surface area (Å²) in [6.45, 7) is 2.11. The number of aryl methyl sites for hydroxylation is 1. The van der Waals surface area contributed by atoms with Gasteiger partial charge in [-0.05, 0) is 90.9 Å². The van der Waals surface area contributed by atoms with Gasteiger partial charge in [0.2, 0.25) is 5.91 Å². The molecule has 7 nitrogen and oxygen atoms in total. The first-order valence-electron chi connectivity index (χ1n) is 11.7. The van der Waals surface area contributed by atoms with Crippen molar-refractivity contribution in [3.8, 4) is 17.0 Å². The van der Waals surface area contributed by atoms with E-state index in [4.69, 9.17) is 39.8 Å². The van der Waals surface area contributed by atoms with E-state index in [1.165, 1.54) is 11.6 Å². The van der Waals surface area contributed by atoms with Crippen LogP contribution in [0.1, 0.15) is 18.2 Å². The minimum Gasteiger partial charge on any atom is -0.457 e. The molecule has 0 aliphatic rings. The van der Waals surface area contributed by atoms with Crippen molar-refractivity contribution in [1.29, 1.82) is 0 Å². The smallest absolute Gasteiger partial charge is 0.250 e. The fraction of sp³-hybridized carbons (Fsp3) is 0.0714. The van der Waals surface area contributed by atoms with E-state index in [0.29, 0.717) is 38.3 Å². The summed E-state index contributed by atoms with van der Waals surface area (Å²) in [5.74, 6) is 0.639. The highest BCUT2D eigenvalue weighted by Gasteiger charge is 2.10. The number of nitrogens with one attached hydrogen (secondary N) is 2. The molecule has 2 heterocycles. The minimum absolute atomic E-state index is 0.148. The van der Waals surface area contributed by atoms with E-state index < -0.39 is 5.91 Å². The zero-order chi connectivity index (χ0) is 26.6. The number of anilines is 1. The number of benzene rings is 3. The number of rotatable bonds is 6. The number of fused-ring (bicyclic) bond motifs is 1. The summed E-state index contributed by atoms with van der Waals surface area (Å²) in [5.41, 5.74) is 4.94. The van der Waals surface area contributed by atoms with Crippen LogP contribution in [0.4, 0.5) is 5.69 Å². The largest absolute Gasteiger partial charge is 0.457 e. The van der Waals surface area contributed by atoms with E-state index in [0.717, 1.165) is 17.6 Å². The highest BCUT2D eigenvalue weighted by atomic mass is 35.5. The third-order valence-corrected chi connectivity index (χ3v) is 6.42. The molecule has 0 fully saturated rings. The molecule has 0 aliphatic heterocycles. The molecule has 0 saturated heterocycles. The second-order valence-electron chi connectivity index (χ2n) is 8.32. The molecule has 5 aromatic rings. The van der Waals surface area contributed by atoms with E-state index in [1.54, 1.807) is 41.2 Å². The molecule has 0 bridgehead atoms. The van der Waals surface area contributed by atoms with Crippen molar-refractivity contribution >= 4 is 69.2 Å². The summed E-state index contributed by atoms with van der Waals surface area (Å²) in [6, 6.07) is 22.2. The SMILES string of the molecule is CCc1ccc(-n2nc3ccc(NC(=S)NC(=O)/C=C/c4ccc(-c5ccc(Cl)cc5Cl)o4)cc3n2)cc1. The molecule has 0 unspecified atom stereocenters. The highest BCUT2D eigenvalue weighted by molar-refractivity contribution is 7.80. The van der Waals surface area contributed by atoms with E-state index >= 15 is 0 Å². The standard InChI is InChI=1S/C28H21Cl2N5O2S/c1-2-17-3-7-20(8-4-17)35-33-24-12-6-19(16-25(24)34-35)31-28(38)32-27(36)14-10-21-9-13-26(37-21)22-11-5-18(29)15-23(22)30/h3-16H,2H2,1H3,(H2,31,32,36,38)/b14-10+.